The van der Waals surface area contributed by atoms with Gasteiger partial charge in [-0.25, -0.2) is 18.0 Å². The van der Waals surface area contributed by atoms with E-state index in [2.05, 4.69) is 10.3 Å². The second kappa shape index (κ2) is 7.32. The molecule has 29 heavy (non-hydrogen) atoms. The highest BCUT2D eigenvalue weighted by Gasteiger charge is 2.17. The fraction of sp³-hybridized carbons (Fsp3) is 0.150. The lowest BCUT2D eigenvalue weighted by Crippen LogP contribution is -2.22. The molecule has 1 aromatic carbocycles. The summed E-state index contributed by atoms with van der Waals surface area (Å²) in [5.74, 6) is -0.615. The van der Waals surface area contributed by atoms with E-state index in [-0.39, 0.29) is 22.3 Å². The molecule has 0 radical (unpaired) electrons. The molecule has 1 aliphatic heterocycles. The number of halogens is 2. The van der Waals surface area contributed by atoms with Crippen LogP contribution in [0.15, 0.2) is 65.1 Å². The van der Waals surface area contributed by atoms with Crippen LogP contribution in [-0.4, -0.2) is 27.4 Å². The highest BCUT2D eigenvalue weighted by molar-refractivity contribution is 7.91. The second-order valence-electron chi connectivity index (χ2n) is 6.70. The standard InChI is InChI=1S/C20H17F2N3O3S/c1-29(23,26)11-12-4-6-27-19(8-12)25-18-9-15(17(22)10-24-18)13-2-3-16(21)14-5-7-28-20(13)14/h2-10,19,23H,11H2,1H3,(H,24,25). The van der Waals surface area contributed by atoms with Crippen molar-refractivity contribution in [3.8, 4) is 11.1 Å². The molecule has 0 aliphatic carbocycles. The summed E-state index contributed by atoms with van der Waals surface area (Å²) < 4.78 is 58.5. The Morgan fingerprint density at radius 1 is 1.24 bits per heavy atom. The SMILES string of the molecule is CS(=N)(=O)CC1=CC(Nc2cc(-c3ccc(F)c4ccoc34)c(F)cn2)OC=C1. The quantitative estimate of drug-likeness (QED) is 0.631. The Morgan fingerprint density at radius 2 is 2.07 bits per heavy atom. The fourth-order valence-corrected chi connectivity index (χ4v) is 3.93. The topological polar surface area (TPSA) is 88.2 Å². The maximum atomic E-state index is 14.5. The molecule has 2 aromatic heterocycles. The van der Waals surface area contributed by atoms with Crippen LogP contribution in [0.4, 0.5) is 14.6 Å². The first kappa shape index (κ1) is 19.1. The number of benzene rings is 1. The molecule has 3 aromatic rings. The Hall–Kier alpha value is -3.20. The van der Waals surface area contributed by atoms with Crippen LogP contribution < -0.4 is 5.32 Å². The molecule has 0 bridgehead atoms. The molecule has 150 valence electrons. The minimum Gasteiger partial charge on any atom is -0.475 e. The van der Waals surface area contributed by atoms with E-state index in [0.29, 0.717) is 17.0 Å². The van der Waals surface area contributed by atoms with E-state index in [9.17, 15) is 13.0 Å². The molecular formula is C20H17F2N3O3S. The van der Waals surface area contributed by atoms with Crippen molar-refractivity contribution < 1.29 is 22.1 Å². The lowest BCUT2D eigenvalue weighted by atomic mass is 10.0. The number of rotatable bonds is 5. The lowest BCUT2D eigenvalue weighted by Gasteiger charge is -2.20. The number of hydrogen-bond donors (Lipinski definition) is 2. The molecule has 9 heteroatoms. The molecule has 0 saturated carbocycles. The summed E-state index contributed by atoms with van der Waals surface area (Å²) in [6.07, 6.45) is 7.92. The monoisotopic (exact) mass is 417 g/mol. The summed E-state index contributed by atoms with van der Waals surface area (Å²) >= 11 is 0. The van der Waals surface area contributed by atoms with Crippen molar-refractivity contribution in [2.45, 2.75) is 6.23 Å². The number of ether oxygens (including phenoxy) is 1. The second-order valence-corrected chi connectivity index (χ2v) is 9.00. The van der Waals surface area contributed by atoms with Crippen molar-refractivity contribution in [3.05, 3.63) is 72.3 Å². The molecule has 1 aliphatic rings. The summed E-state index contributed by atoms with van der Waals surface area (Å²) in [7, 11) is -2.70. The Kier molecular flexibility index (Phi) is 4.83. The fourth-order valence-electron chi connectivity index (χ4n) is 3.10. The number of nitrogens with zero attached hydrogens (tertiary/aromatic N) is 1. The number of nitrogens with one attached hydrogen (secondary N) is 2. The predicted molar refractivity (Wildman–Crippen MR) is 107 cm³/mol. The Balaban J connectivity index is 1.65. The van der Waals surface area contributed by atoms with Crippen LogP contribution in [0.25, 0.3) is 22.1 Å². The Morgan fingerprint density at radius 3 is 2.86 bits per heavy atom. The molecule has 0 amide bonds. The van der Waals surface area contributed by atoms with Gasteiger partial charge >= 0.3 is 0 Å². The van der Waals surface area contributed by atoms with Gasteiger partial charge in [0.2, 0.25) is 0 Å². The van der Waals surface area contributed by atoms with Crippen LogP contribution in [-0.2, 0) is 14.5 Å². The molecular weight excluding hydrogens is 400 g/mol. The highest BCUT2D eigenvalue weighted by Crippen LogP contribution is 2.33. The molecule has 2 unspecified atom stereocenters. The van der Waals surface area contributed by atoms with Gasteiger partial charge in [-0.2, -0.15) is 0 Å². The third-order valence-corrected chi connectivity index (χ3v) is 5.20. The zero-order valence-electron chi connectivity index (χ0n) is 15.3. The minimum atomic E-state index is -2.70. The number of hydrogen-bond acceptors (Lipinski definition) is 6. The van der Waals surface area contributed by atoms with Gasteiger partial charge in [0.05, 0.1) is 29.9 Å². The van der Waals surface area contributed by atoms with Gasteiger partial charge in [0.25, 0.3) is 0 Å². The van der Waals surface area contributed by atoms with Crippen molar-refractivity contribution in [1.29, 1.82) is 4.78 Å². The summed E-state index contributed by atoms with van der Waals surface area (Å²) in [6, 6.07) is 5.67. The molecule has 2 N–H and O–H groups in total. The van der Waals surface area contributed by atoms with Crippen LogP contribution in [0.5, 0.6) is 0 Å². The van der Waals surface area contributed by atoms with Crippen LogP contribution in [0.3, 0.4) is 0 Å². The summed E-state index contributed by atoms with van der Waals surface area (Å²) in [6.45, 7) is 0. The normalized spacial score (nSPS) is 18.2. The van der Waals surface area contributed by atoms with E-state index in [1.807, 2.05) is 0 Å². The predicted octanol–water partition coefficient (Wildman–Crippen LogP) is 4.66. The van der Waals surface area contributed by atoms with Gasteiger partial charge in [0.15, 0.2) is 6.23 Å². The van der Waals surface area contributed by atoms with E-state index in [4.69, 9.17) is 13.9 Å². The minimum absolute atomic E-state index is 0.0964. The third kappa shape index (κ3) is 4.14. The molecule has 0 saturated heterocycles. The largest absolute Gasteiger partial charge is 0.475 e. The summed E-state index contributed by atoms with van der Waals surface area (Å²) in [5, 5.41) is 3.26. The van der Waals surface area contributed by atoms with Crippen molar-refractivity contribution in [2.24, 2.45) is 0 Å². The smallest absolute Gasteiger partial charge is 0.190 e. The van der Waals surface area contributed by atoms with Crippen LogP contribution >= 0.6 is 0 Å². The first-order chi connectivity index (χ1) is 13.8. The van der Waals surface area contributed by atoms with E-state index in [1.165, 1.54) is 43.0 Å². The average Bonchev–Trinajstić information content (AvgIpc) is 3.14. The number of pyridine rings is 1. The van der Waals surface area contributed by atoms with Crippen LogP contribution in [0.2, 0.25) is 0 Å². The van der Waals surface area contributed by atoms with Crippen molar-refractivity contribution in [3.63, 3.8) is 0 Å². The van der Waals surface area contributed by atoms with Gasteiger partial charge in [-0.15, -0.1) is 0 Å². The summed E-state index contributed by atoms with van der Waals surface area (Å²) in [5.41, 5.74) is 1.53. The van der Waals surface area contributed by atoms with Gasteiger partial charge in [0, 0.05) is 27.1 Å². The molecule has 4 rings (SSSR count). The van der Waals surface area contributed by atoms with Gasteiger partial charge in [0.1, 0.15) is 23.0 Å². The Bertz CT molecular complexity index is 1250. The number of furan rings is 1. The molecule has 3 heterocycles. The van der Waals surface area contributed by atoms with Gasteiger partial charge in [-0.05, 0) is 42.0 Å². The first-order valence-electron chi connectivity index (χ1n) is 8.62. The third-order valence-electron chi connectivity index (χ3n) is 4.31. The van der Waals surface area contributed by atoms with Crippen LogP contribution in [0.1, 0.15) is 0 Å². The zero-order chi connectivity index (χ0) is 20.6. The van der Waals surface area contributed by atoms with Crippen molar-refractivity contribution in [1.82, 2.24) is 4.98 Å². The van der Waals surface area contributed by atoms with E-state index in [0.717, 1.165) is 6.20 Å². The van der Waals surface area contributed by atoms with Crippen molar-refractivity contribution in [2.75, 3.05) is 17.3 Å². The van der Waals surface area contributed by atoms with Crippen molar-refractivity contribution >= 4 is 26.5 Å². The van der Waals surface area contributed by atoms with Gasteiger partial charge < -0.3 is 14.5 Å². The number of aromatic nitrogens is 1. The average molecular weight is 417 g/mol. The van der Waals surface area contributed by atoms with E-state index < -0.39 is 27.6 Å². The summed E-state index contributed by atoms with van der Waals surface area (Å²) in [4.78, 5) is 4.03. The first-order valence-corrected chi connectivity index (χ1v) is 10.8. The lowest BCUT2D eigenvalue weighted by molar-refractivity contribution is 0.206. The molecule has 0 fully saturated rings. The Labute approximate surface area is 165 Å². The van der Waals surface area contributed by atoms with Gasteiger partial charge in [-0.1, -0.05) is 0 Å². The van der Waals surface area contributed by atoms with Gasteiger partial charge in [-0.3, -0.25) is 4.78 Å². The number of allylic oxidation sites excluding steroid dienone is 1. The van der Waals surface area contributed by atoms with E-state index >= 15 is 0 Å². The van der Waals surface area contributed by atoms with Crippen LogP contribution in [0, 0.1) is 16.4 Å². The number of fused-ring (bicyclic) bond motifs is 1. The molecule has 6 nitrogen and oxygen atoms in total. The molecule has 0 spiro atoms. The number of anilines is 1. The molecule has 2 atom stereocenters. The zero-order valence-corrected chi connectivity index (χ0v) is 16.1. The van der Waals surface area contributed by atoms with E-state index in [1.54, 1.807) is 12.2 Å². The maximum Gasteiger partial charge on any atom is 0.190 e. The maximum absolute atomic E-state index is 14.5. The highest BCUT2D eigenvalue weighted by atomic mass is 32.2.